The summed E-state index contributed by atoms with van der Waals surface area (Å²) in [7, 11) is 0. The van der Waals surface area contributed by atoms with Crippen LogP contribution in [0.4, 0.5) is 4.39 Å². The summed E-state index contributed by atoms with van der Waals surface area (Å²) in [4.78, 5) is 11.2. The minimum atomic E-state index is -0.471. The number of hydrogen-bond donors (Lipinski definition) is 0. The highest BCUT2D eigenvalue weighted by Crippen LogP contribution is 2.21. The van der Waals surface area contributed by atoms with Crippen molar-refractivity contribution in [2.75, 3.05) is 6.61 Å². The van der Waals surface area contributed by atoms with Crippen molar-refractivity contribution in [1.29, 1.82) is 0 Å². The number of ether oxygens (including phenoxy) is 1. The lowest BCUT2D eigenvalue weighted by Crippen LogP contribution is -2.17. The monoisotopic (exact) mass is 274 g/mol. The van der Waals surface area contributed by atoms with Gasteiger partial charge in [0.25, 0.3) is 0 Å². The Labute approximate surface area is 96.6 Å². The Morgan fingerprint density at radius 2 is 2.20 bits per heavy atom. The highest BCUT2D eigenvalue weighted by atomic mass is 79.9. The first-order chi connectivity index (χ1) is 7.00. The number of carbonyl (C=O) groups excluding carboxylic acids is 1. The van der Waals surface area contributed by atoms with E-state index in [4.69, 9.17) is 4.74 Å². The van der Waals surface area contributed by atoms with E-state index >= 15 is 0 Å². The number of ketones is 1. The van der Waals surface area contributed by atoms with E-state index in [9.17, 15) is 9.18 Å². The van der Waals surface area contributed by atoms with Gasteiger partial charge in [0.05, 0.1) is 0 Å². The van der Waals surface area contributed by atoms with Gasteiger partial charge in [0.1, 0.15) is 6.61 Å². The van der Waals surface area contributed by atoms with Crippen molar-refractivity contribution >= 4 is 21.7 Å². The zero-order valence-corrected chi connectivity index (χ0v) is 10.2. The molecule has 0 spiro atoms. The molecule has 1 rings (SSSR count). The summed E-state index contributed by atoms with van der Waals surface area (Å²) in [5, 5.41) is 0. The van der Waals surface area contributed by atoms with E-state index in [-0.39, 0.29) is 24.1 Å². The Bertz CT molecular complexity index is 364. The number of Topliss-reactive ketones (excluding diaryl/α,β-unsaturated/α-hetero) is 1. The molecule has 0 aromatic heterocycles. The highest BCUT2D eigenvalue weighted by Gasteiger charge is 2.10. The summed E-state index contributed by atoms with van der Waals surface area (Å²) >= 11 is 3.14. The number of halogens is 2. The van der Waals surface area contributed by atoms with Gasteiger partial charge in [-0.1, -0.05) is 29.8 Å². The van der Waals surface area contributed by atoms with Gasteiger partial charge >= 0.3 is 0 Å². The van der Waals surface area contributed by atoms with Crippen molar-refractivity contribution in [3.05, 3.63) is 28.5 Å². The molecule has 0 N–H and O–H groups in total. The van der Waals surface area contributed by atoms with Gasteiger partial charge < -0.3 is 4.74 Å². The van der Waals surface area contributed by atoms with Gasteiger partial charge in [0.2, 0.25) is 0 Å². The van der Waals surface area contributed by atoms with Crippen LogP contribution in [0.1, 0.15) is 13.8 Å². The van der Waals surface area contributed by atoms with Crippen molar-refractivity contribution < 1.29 is 13.9 Å². The normalized spacial score (nSPS) is 10.5. The second kappa shape index (κ2) is 5.26. The lowest BCUT2D eigenvalue weighted by molar-refractivity contribution is -0.123. The molecule has 0 aliphatic rings. The molecule has 0 heterocycles. The first-order valence-corrected chi connectivity index (χ1v) is 5.40. The average molecular weight is 275 g/mol. The molecule has 0 aliphatic carbocycles. The topological polar surface area (TPSA) is 26.3 Å². The summed E-state index contributed by atoms with van der Waals surface area (Å²) in [6, 6.07) is 4.46. The quantitative estimate of drug-likeness (QED) is 0.843. The molecule has 0 bridgehead atoms. The fourth-order valence-corrected chi connectivity index (χ4v) is 1.24. The van der Waals surface area contributed by atoms with Crippen molar-refractivity contribution in [1.82, 2.24) is 0 Å². The molecule has 0 radical (unpaired) electrons. The van der Waals surface area contributed by atoms with Crippen LogP contribution >= 0.6 is 15.9 Å². The van der Waals surface area contributed by atoms with Crippen LogP contribution in [0, 0.1) is 11.7 Å². The Balaban J connectivity index is 2.62. The largest absolute Gasteiger partial charge is 0.483 e. The van der Waals surface area contributed by atoms with Gasteiger partial charge in [0, 0.05) is 10.4 Å². The van der Waals surface area contributed by atoms with E-state index in [0.717, 1.165) is 0 Å². The van der Waals surface area contributed by atoms with E-state index in [1.807, 2.05) is 0 Å². The summed E-state index contributed by atoms with van der Waals surface area (Å²) in [5.41, 5.74) is 0. The number of carbonyl (C=O) groups is 1. The van der Waals surface area contributed by atoms with Crippen molar-refractivity contribution in [3.8, 4) is 5.75 Å². The molecule has 4 heteroatoms. The zero-order chi connectivity index (χ0) is 11.4. The van der Waals surface area contributed by atoms with Crippen molar-refractivity contribution in [3.63, 3.8) is 0 Å². The van der Waals surface area contributed by atoms with Crippen LogP contribution in [-0.2, 0) is 4.79 Å². The van der Waals surface area contributed by atoms with Crippen LogP contribution < -0.4 is 4.74 Å². The Morgan fingerprint density at radius 1 is 1.53 bits per heavy atom. The van der Waals surface area contributed by atoms with E-state index in [1.165, 1.54) is 12.1 Å². The minimum absolute atomic E-state index is 0.0441. The van der Waals surface area contributed by atoms with E-state index in [0.29, 0.717) is 4.47 Å². The summed E-state index contributed by atoms with van der Waals surface area (Å²) < 4.78 is 18.9. The van der Waals surface area contributed by atoms with Gasteiger partial charge in [-0.15, -0.1) is 0 Å². The first kappa shape index (κ1) is 12.2. The van der Waals surface area contributed by atoms with Crippen LogP contribution in [-0.4, -0.2) is 12.4 Å². The maximum Gasteiger partial charge on any atom is 0.172 e. The lowest BCUT2D eigenvalue weighted by atomic mass is 10.1. The van der Waals surface area contributed by atoms with Crippen molar-refractivity contribution in [2.24, 2.45) is 5.92 Å². The fourth-order valence-electron chi connectivity index (χ4n) is 0.908. The Hall–Kier alpha value is -0.900. The molecule has 0 amide bonds. The molecule has 0 atom stereocenters. The molecule has 15 heavy (non-hydrogen) atoms. The molecule has 0 saturated carbocycles. The number of hydrogen-bond acceptors (Lipinski definition) is 2. The standard InChI is InChI=1S/C11H12BrFO2/c1-7(2)10(14)6-15-11-4-3-8(12)5-9(11)13/h3-5,7H,6H2,1-2H3. The fraction of sp³-hybridized carbons (Fsp3) is 0.364. The smallest absolute Gasteiger partial charge is 0.172 e. The Kier molecular flexibility index (Phi) is 4.27. The third-order valence-electron chi connectivity index (χ3n) is 1.91. The van der Waals surface area contributed by atoms with Crippen LogP contribution in [0.3, 0.4) is 0 Å². The molecule has 0 fully saturated rings. The van der Waals surface area contributed by atoms with Gasteiger partial charge in [-0.3, -0.25) is 4.79 Å². The molecule has 0 saturated heterocycles. The summed E-state index contributed by atoms with van der Waals surface area (Å²) in [5.74, 6) is -0.506. The molecular formula is C11H12BrFO2. The molecule has 1 aromatic rings. The van der Waals surface area contributed by atoms with Crippen LogP contribution in [0.2, 0.25) is 0 Å². The molecule has 1 aromatic carbocycles. The number of rotatable bonds is 4. The van der Waals surface area contributed by atoms with Crippen LogP contribution in [0.5, 0.6) is 5.75 Å². The van der Waals surface area contributed by atoms with Crippen LogP contribution in [0.25, 0.3) is 0 Å². The average Bonchev–Trinajstić information content (AvgIpc) is 2.15. The third kappa shape index (κ3) is 3.63. The third-order valence-corrected chi connectivity index (χ3v) is 2.40. The predicted molar refractivity (Wildman–Crippen MR) is 59.4 cm³/mol. The molecule has 2 nitrogen and oxygen atoms in total. The molecular weight excluding hydrogens is 263 g/mol. The van der Waals surface area contributed by atoms with Gasteiger partial charge in [0.15, 0.2) is 17.3 Å². The second-order valence-corrected chi connectivity index (χ2v) is 4.40. The maximum absolute atomic E-state index is 13.2. The predicted octanol–water partition coefficient (Wildman–Crippen LogP) is 3.19. The maximum atomic E-state index is 13.2. The highest BCUT2D eigenvalue weighted by molar-refractivity contribution is 9.10. The Morgan fingerprint density at radius 3 is 2.73 bits per heavy atom. The minimum Gasteiger partial charge on any atom is -0.483 e. The first-order valence-electron chi connectivity index (χ1n) is 4.61. The summed E-state index contributed by atoms with van der Waals surface area (Å²) in [6.45, 7) is 3.48. The number of benzene rings is 1. The molecule has 0 unspecified atom stereocenters. The second-order valence-electron chi connectivity index (χ2n) is 3.48. The van der Waals surface area contributed by atoms with E-state index < -0.39 is 5.82 Å². The lowest BCUT2D eigenvalue weighted by Gasteiger charge is -2.08. The van der Waals surface area contributed by atoms with Crippen LogP contribution in [0.15, 0.2) is 22.7 Å². The van der Waals surface area contributed by atoms with Gasteiger partial charge in [-0.25, -0.2) is 4.39 Å². The van der Waals surface area contributed by atoms with E-state index in [2.05, 4.69) is 15.9 Å². The van der Waals surface area contributed by atoms with Gasteiger partial charge in [-0.2, -0.15) is 0 Å². The molecule has 0 aliphatic heterocycles. The zero-order valence-electron chi connectivity index (χ0n) is 8.59. The summed E-state index contributed by atoms with van der Waals surface area (Å²) in [6.07, 6.45) is 0. The van der Waals surface area contributed by atoms with Crippen molar-refractivity contribution in [2.45, 2.75) is 13.8 Å². The SMILES string of the molecule is CC(C)C(=O)COc1ccc(Br)cc1F. The molecule has 82 valence electrons. The van der Waals surface area contributed by atoms with E-state index in [1.54, 1.807) is 19.9 Å². The van der Waals surface area contributed by atoms with Gasteiger partial charge in [-0.05, 0) is 18.2 Å².